The molecule has 0 aliphatic heterocycles. The number of nitrogens with one attached hydrogen (secondary N) is 1. The molecule has 1 N–H and O–H groups in total. The van der Waals surface area contributed by atoms with Crippen LogP contribution in [-0.2, 0) is 0 Å². The Balaban J connectivity index is 1.96. The van der Waals surface area contributed by atoms with Crippen LogP contribution in [0.15, 0.2) is 61.1 Å². The molecule has 0 bridgehead atoms. The molecule has 4 nitrogen and oxygen atoms in total. The number of hydrogen-bond acceptors (Lipinski definition) is 3. The van der Waals surface area contributed by atoms with E-state index in [9.17, 15) is 9.59 Å². The molecular weight excluding hydrogens is 288 g/mol. The summed E-state index contributed by atoms with van der Waals surface area (Å²) in [5, 5.41) is 0. The van der Waals surface area contributed by atoms with Gasteiger partial charge in [-0.05, 0) is 35.2 Å². The van der Waals surface area contributed by atoms with E-state index in [1.165, 1.54) is 12.5 Å². The van der Waals surface area contributed by atoms with Crippen molar-refractivity contribution in [1.29, 1.82) is 0 Å². The number of aromatic amines is 1. The van der Waals surface area contributed by atoms with E-state index in [2.05, 4.69) is 21.8 Å². The van der Waals surface area contributed by atoms with Gasteiger partial charge in [0.05, 0.1) is 12.5 Å². The minimum atomic E-state index is -0.330. The van der Waals surface area contributed by atoms with Crippen LogP contribution in [-0.4, -0.2) is 22.0 Å². The fourth-order valence-electron chi connectivity index (χ4n) is 2.18. The minimum Gasteiger partial charge on any atom is -0.341 e. The normalized spacial score (nSPS) is 9.74. The second-order valence-corrected chi connectivity index (χ2v) is 4.83. The number of aldehydes is 1. The van der Waals surface area contributed by atoms with Crippen molar-refractivity contribution < 1.29 is 9.59 Å². The fraction of sp³-hybridized carbons (Fsp3) is 0. The second-order valence-electron chi connectivity index (χ2n) is 4.83. The monoisotopic (exact) mass is 300 g/mol. The van der Waals surface area contributed by atoms with Crippen molar-refractivity contribution in [3.63, 3.8) is 0 Å². The van der Waals surface area contributed by atoms with Gasteiger partial charge in [-0.1, -0.05) is 36.3 Å². The molecule has 0 fully saturated rings. The molecule has 0 unspecified atom stereocenters. The van der Waals surface area contributed by atoms with E-state index in [0.717, 1.165) is 17.4 Å². The van der Waals surface area contributed by atoms with Crippen molar-refractivity contribution in [2.75, 3.05) is 0 Å². The minimum absolute atomic E-state index is 0.330. The first kappa shape index (κ1) is 14.5. The number of Topliss-reactive ketones (excluding diaryl/α,β-unsaturated/α-hetero) is 1. The number of hydrogen-bond donors (Lipinski definition) is 1. The number of carbonyl (C=O) groups is 2. The number of ketones is 1. The van der Waals surface area contributed by atoms with Gasteiger partial charge in [0.2, 0.25) is 0 Å². The van der Waals surface area contributed by atoms with Crippen LogP contribution < -0.4 is 0 Å². The molecule has 110 valence electrons. The zero-order valence-corrected chi connectivity index (χ0v) is 12.1. The highest BCUT2D eigenvalue weighted by atomic mass is 16.1. The van der Waals surface area contributed by atoms with Gasteiger partial charge in [-0.3, -0.25) is 9.59 Å². The van der Waals surface area contributed by atoms with Crippen LogP contribution in [0.4, 0.5) is 0 Å². The second kappa shape index (κ2) is 6.54. The van der Waals surface area contributed by atoms with Crippen molar-refractivity contribution in [1.82, 2.24) is 9.97 Å². The molecule has 0 saturated carbocycles. The highest BCUT2D eigenvalue weighted by Crippen LogP contribution is 2.23. The van der Waals surface area contributed by atoms with E-state index in [1.54, 1.807) is 12.1 Å². The summed E-state index contributed by atoms with van der Waals surface area (Å²) in [6.45, 7) is 0. The number of rotatable bonds is 3. The lowest BCUT2D eigenvalue weighted by atomic mass is 9.98. The maximum absolute atomic E-state index is 11.9. The van der Waals surface area contributed by atoms with Gasteiger partial charge in [-0.2, -0.15) is 0 Å². The summed E-state index contributed by atoms with van der Waals surface area (Å²) in [4.78, 5) is 29.6. The zero-order valence-electron chi connectivity index (χ0n) is 12.1. The number of benzene rings is 2. The summed E-state index contributed by atoms with van der Waals surface area (Å²) in [6.07, 6.45) is 3.68. The van der Waals surface area contributed by atoms with E-state index in [1.807, 2.05) is 36.4 Å². The van der Waals surface area contributed by atoms with E-state index >= 15 is 0 Å². The Morgan fingerprint density at radius 1 is 1.13 bits per heavy atom. The molecule has 1 heterocycles. The van der Waals surface area contributed by atoms with E-state index in [4.69, 9.17) is 0 Å². The van der Waals surface area contributed by atoms with Gasteiger partial charge < -0.3 is 4.98 Å². The molecular formula is C19H12N2O2. The summed E-state index contributed by atoms with van der Waals surface area (Å²) >= 11 is 0. The third-order valence-corrected chi connectivity index (χ3v) is 3.33. The van der Waals surface area contributed by atoms with Crippen molar-refractivity contribution in [3.05, 3.63) is 77.9 Å². The molecule has 0 aliphatic rings. The van der Waals surface area contributed by atoms with Gasteiger partial charge in [-0.25, -0.2) is 4.98 Å². The first-order valence-electron chi connectivity index (χ1n) is 6.97. The molecule has 1 aromatic heterocycles. The highest BCUT2D eigenvalue weighted by Gasteiger charge is 2.06. The Morgan fingerprint density at radius 3 is 2.65 bits per heavy atom. The van der Waals surface area contributed by atoms with Crippen LogP contribution in [0.5, 0.6) is 0 Å². The summed E-state index contributed by atoms with van der Waals surface area (Å²) in [5.74, 6) is 5.07. The van der Waals surface area contributed by atoms with Crippen LogP contribution in [0.3, 0.4) is 0 Å². The Bertz CT molecular complexity index is 902. The molecule has 23 heavy (non-hydrogen) atoms. The van der Waals surface area contributed by atoms with Crippen LogP contribution in [0.25, 0.3) is 11.1 Å². The average Bonchev–Trinajstić information content (AvgIpc) is 3.15. The van der Waals surface area contributed by atoms with Gasteiger partial charge in [0.25, 0.3) is 5.78 Å². The molecule has 3 aromatic rings. The molecule has 0 spiro atoms. The number of nitrogens with zero attached hydrogens (tertiary/aromatic N) is 1. The third kappa shape index (κ3) is 3.25. The number of aromatic nitrogens is 2. The average molecular weight is 300 g/mol. The maximum atomic E-state index is 11.9. The largest absolute Gasteiger partial charge is 0.341 e. The number of imidazole rings is 1. The quantitative estimate of drug-likeness (QED) is 0.459. The molecule has 3 rings (SSSR count). The lowest BCUT2D eigenvalue weighted by molar-refractivity contribution is 0.105. The first-order valence-corrected chi connectivity index (χ1v) is 6.97. The summed E-state index contributed by atoms with van der Waals surface area (Å²) in [5.41, 5.74) is 3.33. The summed E-state index contributed by atoms with van der Waals surface area (Å²) in [7, 11) is 0. The number of carbonyl (C=O) groups excluding carboxylic acids is 2. The predicted molar refractivity (Wildman–Crippen MR) is 87.1 cm³/mol. The summed E-state index contributed by atoms with van der Waals surface area (Å²) < 4.78 is 0. The molecule has 0 atom stereocenters. The van der Waals surface area contributed by atoms with Gasteiger partial charge in [0.15, 0.2) is 6.29 Å². The molecule has 4 heteroatoms. The fourth-order valence-corrected chi connectivity index (χ4v) is 2.18. The van der Waals surface area contributed by atoms with E-state index in [-0.39, 0.29) is 5.78 Å². The van der Waals surface area contributed by atoms with E-state index < -0.39 is 0 Å². The smallest absolute Gasteiger partial charge is 0.254 e. The van der Waals surface area contributed by atoms with Crippen LogP contribution >= 0.6 is 0 Å². The lowest BCUT2D eigenvalue weighted by Gasteiger charge is -2.05. The topological polar surface area (TPSA) is 62.8 Å². The van der Waals surface area contributed by atoms with E-state index in [0.29, 0.717) is 16.8 Å². The van der Waals surface area contributed by atoms with Crippen molar-refractivity contribution in [2.24, 2.45) is 0 Å². The molecule has 2 aromatic carbocycles. The molecule has 0 amide bonds. The Labute approximate surface area is 133 Å². The van der Waals surface area contributed by atoms with Crippen LogP contribution in [0.1, 0.15) is 26.4 Å². The first-order chi connectivity index (χ1) is 11.3. The number of H-pyrrole nitrogens is 1. The Hall–Kier alpha value is -3.45. The molecule has 0 saturated heterocycles. The highest BCUT2D eigenvalue weighted by molar-refractivity contribution is 6.07. The standard InChI is InChI=1S/C19H12N2O2/c22-12-16-8-6-14(7-9-19(23)18-11-20-13-21-18)10-17(16)15-4-2-1-3-5-15/h1-6,8,10-13H,(H,20,21). The van der Waals surface area contributed by atoms with Crippen LogP contribution in [0.2, 0.25) is 0 Å². The third-order valence-electron chi connectivity index (χ3n) is 3.33. The Kier molecular flexibility index (Phi) is 4.12. The Morgan fingerprint density at radius 2 is 1.96 bits per heavy atom. The zero-order chi connectivity index (χ0) is 16.1. The predicted octanol–water partition coefficient (Wildman–Crippen LogP) is 3.12. The molecule has 0 radical (unpaired) electrons. The maximum Gasteiger partial charge on any atom is 0.254 e. The van der Waals surface area contributed by atoms with Crippen molar-refractivity contribution in [3.8, 4) is 23.0 Å². The molecule has 0 aliphatic carbocycles. The van der Waals surface area contributed by atoms with Crippen molar-refractivity contribution >= 4 is 12.1 Å². The van der Waals surface area contributed by atoms with Gasteiger partial charge in [-0.15, -0.1) is 0 Å². The van der Waals surface area contributed by atoms with Gasteiger partial charge >= 0.3 is 0 Å². The summed E-state index contributed by atoms with van der Waals surface area (Å²) in [6, 6.07) is 14.8. The van der Waals surface area contributed by atoms with Gasteiger partial charge in [0, 0.05) is 11.1 Å². The van der Waals surface area contributed by atoms with Gasteiger partial charge in [0.1, 0.15) is 5.69 Å². The van der Waals surface area contributed by atoms with Crippen LogP contribution in [0, 0.1) is 11.8 Å². The van der Waals surface area contributed by atoms with Crippen molar-refractivity contribution in [2.45, 2.75) is 0 Å². The SMILES string of the molecule is O=Cc1ccc(C#CC(=O)c2cnc[nH]2)cc1-c1ccccc1. The lowest BCUT2D eigenvalue weighted by Crippen LogP contribution is -1.95.